The zero-order valence-electron chi connectivity index (χ0n) is 47.9. The minimum absolute atomic E-state index is 0.0289. The van der Waals surface area contributed by atoms with Crippen LogP contribution in [0.4, 0.5) is 37.7 Å². The second-order valence-electron chi connectivity index (χ2n) is 23.0. The van der Waals surface area contributed by atoms with E-state index in [0.29, 0.717) is 32.4 Å². The van der Waals surface area contributed by atoms with Gasteiger partial charge in [-0.25, -0.2) is 0 Å². The summed E-state index contributed by atoms with van der Waals surface area (Å²) in [6.45, 7) is 17.2. The minimum Gasteiger partial charge on any atom is -0.473 e. The van der Waals surface area contributed by atoms with Crippen molar-refractivity contribution in [3.63, 3.8) is 0 Å². The first-order valence-corrected chi connectivity index (χ1v) is 28.9. The highest BCUT2D eigenvalue weighted by Crippen LogP contribution is 2.47. The SMILES string of the molecule is CCCCCN1C(=O)C(C)(COCC(O)CC)Oc2cc(C(F)(F)F)c(C(=O)N(C(C)C)C3CCCCC3)cc21.CCCCCN1C(=O)C(C)(COCC2CO2)Oc2cc(C(F)(F)F)c(C(=O)N(C(C)C)C3CCCCC3)cc21. The smallest absolute Gasteiger partial charge is 0.417 e. The number of ether oxygens (including phenoxy) is 5. The van der Waals surface area contributed by atoms with Crippen molar-refractivity contribution in [1.82, 2.24) is 9.80 Å². The summed E-state index contributed by atoms with van der Waals surface area (Å²) in [6, 6.07) is 3.38. The Balaban J connectivity index is 0.000000255. The Kier molecular flexibility index (Phi) is 22.0. The number of benzene rings is 2. The Morgan fingerprint density at radius 2 is 1.05 bits per heavy atom. The molecule has 2 aromatic rings. The molecule has 3 fully saturated rings. The fourth-order valence-electron chi connectivity index (χ4n) is 11.3. The van der Waals surface area contributed by atoms with Gasteiger partial charge in [0.2, 0.25) is 11.2 Å². The molecule has 14 nitrogen and oxygen atoms in total. The third-order valence-corrected chi connectivity index (χ3v) is 15.6. The lowest BCUT2D eigenvalue weighted by molar-refractivity contribution is -0.142. The molecule has 3 aliphatic heterocycles. The molecule has 4 unspecified atom stereocenters. The van der Waals surface area contributed by atoms with Crippen LogP contribution < -0.4 is 19.3 Å². The second-order valence-corrected chi connectivity index (χ2v) is 23.0. The van der Waals surface area contributed by atoms with Gasteiger partial charge in [0.25, 0.3) is 23.6 Å². The number of carbonyl (C=O) groups is 4. The number of epoxide rings is 1. The van der Waals surface area contributed by atoms with E-state index in [9.17, 15) is 50.6 Å². The molecule has 3 heterocycles. The Labute approximate surface area is 463 Å². The fourth-order valence-corrected chi connectivity index (χ4v) is 11.3. The van der Waals surface area contributed by atoms with E-state index < -0.39 is 75.5 Å². The van der Waals surface area contributed by atoms with Crippen LogP contribution in [0.3, 0.4) is 0 Å². The van der Waals surface area contributed by atoms with Crippen LogP contribution in [0, 0.1) is 0 Å². The Hall–Kier alpha value is -4.66. The number of amides is 4. The lowest BCUT2D eigenvalue weighted by atomic mass is 9.92. The van der Waals surface area contributed by atoms with Crippen LogP contribution in [0.15, 0.2) is 24.3 Å². The number of aliphatic hydroxyl groups excluding tert-OH is 1. The van der Waals surface area contributed by atoms with Gasteiger partial charge in [-0.2, -0.15) is 26.3 Å². The number of carbonyl (C=O) groups excluding carboxylic acids is 4. The van der Waals surface area contributed by atoms with Crippen LogP contribution in [0.5, 0.6) is 11.5 Å². The van der Waals surface area contributed by atoms with Crippen molar-refractivity contribution in [3.05, 3.63) is 46.5 Å². The molecule has 7 rings (SSSR count). The molecule has 5 aliphatic rings. The summed E-state index contributed by atoms with van der Waals surface area (Å²) in [4.78, 5) is 61.3. The number of nitrogens with zero attached hydrogens (tertiary/aromatic N) is 4. The van der Waals surface area contributed by atoms with Gasteiger partial charge < -0.3 is 48.4 Å². The lowest BCUT2D eigenvalue weighted by Crippen LogP contribution is -2.57. The third-order valence-electron chi connectivity index (χ3n) is 15.6. The summed E-state index contributed by atoms with van der Waals surface area (Å²) >= 11 is 0. The summed E-state index contributed by atoms with van der Waals surface area (Å²) in [5, 5.41) is 9.85. The van der Waals surface area contributed by atoms with Gasteiger partial charge in [-0.3, -0.25) is 19.2 Å². The van der Waals surface area contributed by atoms with E-state index in [-0.39, 0.29) is 86.1 Å². The first kappa shape index (κ1) is 63.5. The summed E-state index contributed by atoms with van der Waals surface area (Å²) < 4.78 is 115. The van der Waals surface area contributed by atoms with Crippen LogP contribution in [0.1, 0.15) is 203 Å². The van der Waals surface area contributed by atoms with E-state index in [2.05, 4.69) is 0 Å². The number of rotatable bonds is 23. The average Bonchev–Trinajstić information content (AvgIpc) is 4.27. The van der Waals surface area contributed by atoms with E-state index in [1.54, 1.807) is 16.7 Å². The molecule has 79 heavy (non-hydrogen) atoms. The van der Waals surface area contributed by atoms with Gasteiger partial charge in [-0.05, 0) is 111 Å². The molecule has 0 aromatic heterocycles. The number of hydrogen-bond acceptors (Lipinski definition) is 10. The third kappa shape index (κ3) is 15.7. The molecule has 1 saturated heterocycles. The first-order chi connectivity index (χ1) is 37.3. The van der Waals surface area contributed by atoms with Crippen molar-refractivity contribution in [1.29, 1.82) is 0 Å². The lowest BCUT2D eigenvalue weighted by Gasteiger charge is -2.42. The number of unbranched alkanes of at least 4 members (excludes halogenated alkanes) is 4. The summed E-state index contributed by atoms with van der Waals surface area (Å²) in [5.41, 5.74) is -5.77. The van der Waals surface area contributed by atoms with Crippen molar-refractivity contribution in [2.75, 3.05) is 55.9 Å². The standard InChI is InChI=1S/C30H45F3N2O5.C29H41F3N2O5/c1-6-8-12-15-34-25-16-23(27(37)35(20(3)4)21-13-10-9-11-14-21)24(30(31,32)33)17-26(25)40-29(5,28(34)38)19-39-18-22(36)7-2;1-5-6-10-13-33-24-14-22(26(35)34(19(2)3)20-11-8-7-9-12-20)23(29(30,31)32)15-25(24)39-28(4,27(33)36)18-37-16-21-17-38-21/h16-17,20-22,36H,6-15,18-19H2,1-5H3;14-15,19-21H,5-13,16-18H2,1-4H3. The monoisotopic (exact) mass is 1120 g/mol. The molecular formula is C59H86F6N4O10. The number of fused-ring (bicyclic) bond motifs is 2. The molecule has 4 atom stereocenters. The molecule has 2 aromatic carbocycles. The highest BCUT2D eigenvalue weighted by atomic mass is 19.4. The van der Waals surface area contributed by atoms with Crippen LogP contribution >= 0.6 is 0 Å². The largest absolute Gasteiger partial charge is 0.473 e. The molecule has 1 N–H and O–H groups in total. The van der Waals surface area contributed by atoms with E-state index in [0.717, 1.165) is 102 Å². The summed E-state index contributed by atoms with van der Waals surface area (Å²) in [7, 11) is 0. The van der Waals surface area contributed by atoms with Gasteiger partial charge in [-0.1, -0.05) is 85.0 Å². The number of anilines is 2. The van der Waals surface area contributed by atoms with Crippen molar-refractivity contribution < 1.29 is 74.3 Å². The average molecular weight is 1130 g/mol. The van der Waals surface area contributed by atoms with Crippen molar-refractivity contribution in [3.8, 4) is 11.5 Å². The van der Waals surface area contributed by atoms with Gasteiger partial charge in [0.05, 0.1) is 72.8 Å². The molecule has 4 amide bonds. The Bertz CT molecular complexity index is 2390. The molecule has 444 valence electrons. The van der Waals surface area contributed by atoms with Crippen LogP contribution in [0.2, 0.25) is 0 Å². The van der Waals surface area contributed by atoms with Crippen molar-refractivity contribution in [2.24, 2.45) is 0 Å². The van der Waals surface area contributed by atoms with Crippen molar-refractivity contribution >= 4 is 35.0 Å². The highest BCUT2D eigenvalue weighted by molar-refractivity contribution is 6.06. The van der Waals surface area contributed by atoms with Crippen LogP contribution in [-0.2, 0) is 36.2 Å². The van der Waals surface area contributed by atoms with Gasteiger partial charge in [-0.15, -0.1) is 0 Å². The van der Waals surface area contributed by atoms with Gasteiger partial charge in [0.1, 0.15) is 17.6 Å². The number of alkyl halides is 6. The molecule has 0 bridgehead atoms. The first-order valence-electron chi connectivity index (χ1n) is 28.9. The van der Waals surface area contributed by atoms with Crippen LogP contribution in [0.25, 0.3) is 0 Å². The summed E-state index contributed by atoms with van der Waals surface area (Å²) in [6.07, 6.45) is 3.79. The van der Waals surface area contributed by atoms with E-state index >= 15 is 0 Å². The Morgan fingerprint density at radius 1 is 0.658 bits per heavy atom. The van der Waals surface area contributed by atoms with Gasteiger partial charge in [0, 0.05) is 37.3 Å². The molecule has 2 saturated carbocycles. The predicted octanol–water partition coefficient (Wildman–Crippen LogP) is 12.3. The van der Waals surface area contributed by atoms with E-state index in [1.165, 1.54) is 35.8 Å². The maximum absolute atomic E-state index is 14.5. The molecule has 0 spiro atoms. The summed E-state index contributed by atoms with van der Waals surface area (Å²) in [5.74, 6) is -2.37. The van der Waals surface area contributed by atoms with Gasteiger partial charge >= 0.3 is 12.4 Å². The number of hydrogen-bond donors (Lipinski definition) is 1. The predicted molar refractivity (Wildman–Crippen MR) is 289 cm³/mol. The zero-order chi connectivity index (χ0) is 58.0. The molecule has 20 heteroatoms. The fraction of sp³-hybridized carbons (Fsp3) is 0.729. The topological polar surface area (TPSA) is 151 Å². The van der Waals surface area contributed by atoms with E-state index in [1.807, 2.05) is 41.5 Å². The highest BCUT2D eigenvalue weighted by Gasteiger charge is 2.50. The number of halogens is 6. The molecule has 0 radical (unpaired) electrons. The molecular weight excluding hydrogens is 1040 g/mol. The molecule has 2 aliphatic carbocycles. The zero-order valence-corrected chi connectivity index (χ0v) is 47.9. The second kappa shape index (κ2) is 27.4. The minimum atomic E-state index is -4.81. The maximum atomic E-state index is 14.5. The van der Waals surface area contributed by atoms with E-state index in [4.69, 9.17) is 23.7 Å². The maximum Gasteiger partial charge on any atom is 0.417 e. The Morgan fingerprint density at radius 3 is 1.39 bits per heavy atom. The van der Waals surface area contributed by atoms with Gasteiger partial charge in [0.15, 0.2) is 0 Å². The van der Waals surface area contributed by atoms with Crippen LogP contribution in [-0.4, -0.2) is 132 Å². The normalized spacial score (nSPS) is 22.2. The quantitative estimate of drug-likeness (QED) is 0.0647. The van der Waals surface area contributed by atoms with Crippen molar-refractivity contribution in [2.45, 2.75) is 231 Å². The number of aliphatic hydroxyl groups is 1.